The third kappa shape index (κ3) is 3.20. The van der Waals surface area contributed by atoms with E-state index in [2.05, 4.69) is 19.2 Å². The molecular weight excluding hydrogens is 188 g/mol. The number of nitrogens with two attached hydrogens (primary N) is 1. The minimum atomic E-state index is -0.239. The number of rotatable bonds is 5. The summed E-state index contributed by atoms with van der Waals surface area (Å²) < 4.78 is 0. The zero-order chi connectivity index (χ0) is 11.3. The second-order valence-corrected chi connectivity index (χ2v) is 5.13. The summed E-state index contributed by atoms with van der Waals surface area (Å²) in [5.74, 6) is 0.825. The van der Waals surface area contributed by atoms with Crippen molar-refractivity contribution >= 4 is 5.91 Å². The molecule has 0 bridgehead atoms. The summed E-state index contributed by atoms with van der Waals surface area (Å²) in [6.45, 7) is 5.62. The SMILES string of the molecule is CC(C)CCNC(=O)C1(CN)CCCC1. The van der Waals surface area contributed by atoms with Gasteiger partial charge >= 0.3 is 0 Å². The first-order valence-electron chi connectivity index (χ1n) is 6.09. The molecule has 1 aliphatic carbocycles. The van der Waals surface area contributed by atoms with Gasteiger partial charge in [0.1, 0.15) is 0 Å². The second kappa shape index (κ2) is 5.50. The Balaban J connectivity index is 2.37. The molecule has 0 aromatic rings. The summed E-state index contributed by atoms with van der Waals surface area (Å²) in [5, 5.41) is 3.03. The molecule has 0 radical (unpaired) electrons. The average molecular weight is 212 g/mol. The van der Waals surface area contributed by atoms with Crippen molar-refractivity contribution in [1.29, 1.82) is 0 Å². The third-order valence-corrected chi connectivity index (χ3v) is 3.44. The van der Waals surface area contributed by atoms with E-state index in [1.807, 2.05) is 0 Å². The van der Waals surface area contributed by atoms with Crippen molar-refractivity contribution in [1.82, 2.24) is 5.32 Å². The van der Waals surface area contributed by atoms with Gasteiger partial charge in [-0.05, 0) is 25.2 Å². The summed E-state index contributed by atoms with van der Waals surface area (Å²) in [4.78, 5) is 12.0. The van der Waals surface area contributed by atoms with Crippen molar-refractivity contribution in [3.8, 4) is 0 Å². The Bertz CT molecular complexity index is 208. The van der Waals surface area contributed by atoms with E-state index in [1.54, 1.807) is 0 Å². The van der Waals surface area contributed by atoms with E-state index in [9.17, 15) is 4.79 Å². The second-order valence-electron chi connectivity index (χ2n) is 5.13. The number of hydrogen-bond donors (Lipinski definition) is 2. The smallest absolute Gasteiger partial charge is 0.227 e. The summed E-state index contributed by atoms with van der Waals surface area (Å²) in [6, 6.07) is 0. The van der Waals surface area contributed by atoms with Crippen LogP contribution in [0.3, 0.4) is 0 Å². The monoisotopic (exact) mass is 212 g/mol. The Kier molecular flexibility index (Phi) is 4.58. The normalized spacial score (nSPS) is 19.5. The van der Waals surface area contributed by atoms with Gasteiger partial charge in [-0.1, -0.05) is 26.7 Å². The number of carbonyl (C=O) groups excluding carboxylic acids is 1. The van der Waals surface area contributed by atoms with Gasteiger partial charge in [0, 0.05) is 13.1 Å². The molecule has 0 aromatic heterocycles. The van der Waals surface area contributed by atoms with Crippen molar-refractivity contribution in [2.24, 2.45) is 17.1 Å². The summed E-state index contributed by atoms with van der Waals surface area (Å²) in [6.07, 6.45) is 5.28. The zero-order valence-corrected chi connectivity index (χ0v) is 10.0. The van der Waals surface area contributed by atoms with Crippen molar-refractivity contribution in [3.63, 3.8) is 0 Å². The topological polar surface area (TPSA) is 55.1 Å². The van der Waals surface area contributed by atoms with E-state index in [4.69, 9.17) is 5.73 Å². The van der Waals surface area contributed by atoms with Crippen LogP contribution < -0.4 is 11.1 Å². The lowest BCUT2D eigenvalue weighted by Crippen LogP contribution is -2.44. The van der Waals surface area contributed by atoms with Crippen molar-refractivity contribution < 1.29 is 4.79 Å². The van der Waals surface area contributed by atoms with Crippen molar-refractivity contribution in [2.45, 2.75) is 46.0 Å². The maximum absolute atomic E-state index is 12.0. The highest BCUT2D eigenvalue weighted by Gasteiger charge is 2.39. The Morgan fingerprint density at radius 3 is 2.47 bits per heavy atom. The first-order valence-corrected chi connectivity index (χ1v) is 6.09. The molecule has 3 nitrogen and oxygen atoms in total. The molecule has 3 N–H and O–H groups in total. The number of amides is 1. The molecule has 0 spiro atoms. The van der Waals surface area contributed by atoms with Crippen LogP contribution in [0.25, 0.3) is 0 Å². The number of carbonyl (C=O) groups is 1. The standard InChI is InChI=1S/C12H24N2O/c1-10(2)5-8-14-11(15)12(9-13)6-3-4-7-12/h10H,3-9,13H2,1-2H3,(H,14,15). The van der Waals surface area contributed by atoms with Gasteiger partial charge in [0.15, 0.2) is 0 Å². The van der Waals surface area contributed by atoms with Crippen molar-refractivity contribution in [3.05, 3.63) is 0 Å². The van der Waals surface area contributed by atoms with Crippen LogP contribution in [0.4, 0.5) is 0 Å². The minimum absolute atomic E-state index is 0.183. The van der Waals surface area contributed by atoms with Crippen LogP contribution in [0.1, 0.15) is 46.0 Å². The lowest BCUT2D eigenvalue weighted by molar-refractivity contribution is -0.130. The van der Waals surface area contributed by atoms with Crippen LogP contribution in [-0.4, -0.2) is 19.0 Å². The van der Waals surface area contributed by atoms with E-state index in [1.165, 1.54) is 0 Å². The molecule has 1 aliphatic rings. The molecule has 1 saturated carbocycles. The lowest BCUT2D eigenvalue weighted by atomic mass is 9.85. The summed E-state index contributed by atoms with van der Waals surface area (Å²) >= 11 is 0. The molecule has 0 heterocycles. The van der Waals surface area contributed by atoms with Crippen molar-refractivity contribution in [2.75, 3.05) is 13.1 Å². The highest BCUT2D eigenvalue weighted by atomic mass is 16.2. The largest absolute Gasteiger partial charge is 0.356 e. The molecule has 0 aromatic carbocycles. The van der Waals surface area contributed by atoms with Gasteiger partial charge in [0.25, 0.3) is 0 Å². The summed E-state index contributed by atoms with van der Waals surface area (Å²) in [5.41, 5.74) is 5.50. The molecule has 0 atom stereocenters. The maximum Gasteiger partial charge on any atom is 0.227 e. The van der Waals surface area contributed by atoms with Crippen LogP contribution in [-0.2, 0) is 4.79 Å². The van der Waals surface area contributed by atoms with Crippen LogP contribution in [0.5, 0.6) is 0 Å². The van der Waals surface area contributed by atoms with E-state index >= 15 is 0 Å². The first kappa shape index (κ1) is 12.5. The molecule has 0 unspecified atom stereocenters. The van der Waals surface area contributed by atoms with Gasteiger partial charge < -0.3 is 11.1 Å². The summed E-state index contributed by atoms with van der Waals surface area (Å²) in [7, 11) is 0. The molecular formula is C12H24N2O. The first-order chi connectivity index (χ1) is 7.10. The van der Waals surface area contributed by atoms with E-state index in [-0.39, 0.29) is 11.3 Å². The minimum Gasteiger partial charge on any atom is -0.356 e. The Labute approximate surface area is 92.8 Å². The Morgan fingerprint density at radius 1 is 1.40 bits per heavy atom. The molecule has 1 fully saturated rings. The molecule has 1 rings (SSSR count). The third-order valence-electron chi connectivity index (χ3n) is 3.44. The predicted molar refractivity (Wildman–Crippen MR) is 62.4 cm³/mol. The van der Waals surface area contributed by atoms with E-state index in [0.29, 0.717) is 12.5 Å². The van der Waals surface area contributed by atoms with Gasteiger partial charge in [0.2, 0.25) is 5.91 Å². The van der Waals surface area contributed by atoms with Crippen LogP contribution in [0, 0.1) is 11.3 Å². The number of hydrogen-bond acceptors (Lipinski definition) is 2. The molecule has 0 saturated heterocycles. The molecule has 1 amide bonds. The molecule has 15 heavy (non-hydrogen) atoms. The highest BCUT2D eigenvalue weighted by molar-refractivity contribution is 5.83. The molecule has 88 valence electrons. The zero-order valence-electron chi connectivity index (χ0n) is 10.0. The van der Waals surface area contributed by atoms with Crippen LogP contribution in [0.15, 0.2) is 0 Å². The number of nitrogens with one attached hydrogen (secondary N) is 1. The fourth-order valence-electron chi connectivity index (χ4n) is 2.24. The van der Waals surface area contributed by atoms with Gasteiger partial charge in [0.05, 0.1) is 5.41 Å². The quantitative estimate of drug-likeness (QED) is 0.728. The highest BCUT2D eigenvalue weighted by Crippen LogP contribution is 2.37. The lowest BCUT2D eigenvalue weighted by Gasteiger charge is -2.25. The van der Waals surface area contributed by atoms with Gasteiger partial charge in [-0.15, -0.1) is 0 Å². The Morgan fingerprint density at radius 2 is 2.00 bits per heavy atom. The molecule has 0 aliphatic heterocycles. The fraction of sp³-hybridized carbons (Fsp3) is 0.917. The average Bonchev–Trinajstić information content (AvgIpc) is 2.66. The van der Waals surface area contributed by atoms with Crippen LogP contribution in [0.2, 0.25) is 0 Å². The van der Waals surface area contributed by atoms with Crippen LogP contribution >= 0.6 is 0 Å². The van der Waals surface area contributed by atoms with E-state index in [0.717, 1.165) is 38.6 Å². The maximum atomic E-state index is 12.0. The van der Waals surface area contributed by atoms with Gasteiger partial charge in [-0.2, -0.15) is 0 Å². The predicted octanol–water partition coefficient (Wildman–Crippen LogP) is 1.67. The molecule has 3 heteroatoms. The van der Waals surface area contributed by atoms with Gasteiger partial charge in [-0.25, -0.2) is 0 Å². The van der Waals surface area contributed by atoms with Gasteiger partial charge in [-0.3, -0.25) is 4.79 Å². The fourth-order valence-corrected chi connectivity index (χ4v) is 2.24. The van der Waals surface area contributed by atoms with E-state index < -0.39 is 0 Å². The Hall–Kier alpha value is -0.570.